The number of rotatable bonds is 4. The van der Waals surface area contributed by atoms with Crippen LogP contribution in [0, 0.1) is 11.3 Å². The van der Waals surface area contributed by atoms with Gasteiger partial charge in [0.25, 0.3) is 0 Å². The predicted molar refractivity (Wildman–Crippen MR) is 92.6 cm³/mol. The molecular weight excluding hydrogens is 377 g/mol. The van der Waals surface area contributed by atoms with Crippen LogP contribution in [0.3, 0.4) is 0 Å². The van der Waals surface area contributed by atoms with Gasteiger partial charge in [-0.2, -0.15) is 5.26 Å². The number of nitrogens with one attached hydrogen (secondary N) is 1. The Bertz CT molecular complexity index is 476. The number of hydrogen-bond donors (Lipinski definition) is 1. The third-order valence-corrected chi connectivity index (χ3v) is 4.06. The predicted octanol–water partition coefficient (Wildman–Crippen LogP) is 3.16. The zero-order chi connectivity index (χ0) is 13.7. The molecule has 0 radical (unpaired) electrons. The summed E-state index contributed by atoms with van der Waals surface area (Å²) in [4.78, 5) is 2.37. The van der Waals surface area contributed by atoms with Gasteiger partial charge in [-0.15, -0.1) is 24.8 Å². The van der Waals surface area contributed by atoms with Gasteiger partial charge in [0.2, 0.25) is 0 Å². The lowest BCUT2D eigenvalue weighted by atomic mass is 10.0. The van der Waals surface area contributed by atoms with Crippen LogP contribution >= 0.6 is 40.7 Å². The maximum atomic E-state index is 9.07. The molecule has 0 spiro atoms. The van der Waals surface area contributed by atoms with Gasteiger partial charge < -0.3 is 10.1 Å². The molecule has 1 atom stereocenters. The Labute approximate surface area is 146 Å². The van der Waals surface area contributed by atoms with Gasteiger partial charge in [-0.25, -0.2) is 0 Å². The summed E-state index contributed by atoms with van der Waals surface area (Å²) >= 11 is 3.51. The lowest BCUT2D eigenvalue weighted by Gasteiger charge is -2.34. The number of hydrogen-bond acceptors (Lipinski definition) is 4. The molecule has 118 valence electrons. The molecule has 1 saturated heterocycles. The van der Waals surface area contributed by atoms with Crippen LogP contribution in [0.4, 0.5) is 0 Å². The Kier molecular flexibility index (Phi) is 10.0. The largest absolute Gasteiger partial charge is 0.496 e. The van der Waals surface area contributed by atoms with E-state index in [1.165, 1.54) is 0 Å². The molecule has 21 heavy (non-hydrogen) atoms. The van der Waals surface area contributed by atoms with E-state index in [1.807, 2.05) is 12.1 Å². The van der Waals surface area contributed by atoms with E-state index in [9.17, 15) is 0 Å². The maximum Gasteiger partial charge on any atom is 0.133 e. The molecule has 7 heteroatoms. The molecular formula is C14H20BrCl2N3O. The maximum absolute atomic E-state index is 9.07. The van der Waals surface area contributed by atoms with Crippen LogP contribution in [0.2, 0.25) is 0 Å². The first kappa shape index (κ1) is 20.5. The SMILES string of the molecule is COc1ccc([C@@H](CC#N)N2CCNCC2)cc1Br.Cl.Cl. The van der Waals surface area contributed by atoms with Crippen LogP contribution in [0.1, 0.15) is 18.0 Å². The average Bonchev–Trinajstić information content (AvgIpc) is 2.45. The summed E-state index contributed by atoms with van der Waals surface area (Å²) in [6.07, 6.45) is 0.513. The Morgan fingerprint density at radius 2 is 2.05 bits per heavy atom. The highest BCUT2D eigenvalue weighted by atomic mass is 79.9. The summed E-state index contributed by atoms with van der Waals surface area (Å²) in [5.74, 6) is 0.819. The molecule has 0 aliphatic carbocycles. The highest BCUT2D eigenvalue weighted by Crippen LogP contribution is 2.31. The van der Waals surface area contributed by atoms with Gasteiger partial charge in [0.15, 0.2) is 0 Å². The van der Waals surface area contributed by atoms with Crippen LogP contribution in [0.5, 0.6) is 5.75 Å². The van der Waals surface area contributed by atoms with Crippen molar-refractivity contribution in [3.05, 3.63) is 28.2 Å². The van der Waals surface area contributed by atoms with E-state index >= 15 is 0 Å². The summed E-state index contributed by atoms with van der Waals surface area (Å²) in [7, 11) is 1.66. The topological polar surface area (TPSA) is 48.3 Å². The second-order valence-electron chi connectivity index (χ2n) is 4.56. The van der Waals surface area contributed by atoms with Gasteiger partial charge in [-0.05, 0) is 33.6 Å². The lowest BCUT2D eigenvalue weighted by Crippen LogP contribution is -2.45. The molecule has 4 nitrogen and oxygen atoms in total. The standard InChI is InChI=1S/C14H18BrN3O.2ClH/c1-19-14-3-2-11(10-12(14)15)13(4-5-16)18-8-6-17-7-9-18;;/h2-3,10,13,17H,4,6-9H2,1H3;2*1H/t13-;;/m1../s1. The van der Waals surface area contributed by atoms with Gasteiger partial charge in [-0.3, -0.25) is 4.90 Å². The quantitative estimate of drug-likeness (QED) is 0.849. The Morgan fingerprint density at radius 3 is 2.57 bits per heavy atom. The average molecular weight is 397 g/mol. The third-order valence-electron chi connectivity index (χ3n) is 3.44. The van der Waals surface area contributed by atoms with E-state index in [4.69, 9.17) is 10.00 Å². The second kappa shape index (κ2) is 10.3. The second-order valence-corrected chi connectivity index (χ2v) is 5.41. The first-order valence-corrected chi connectivity index (χ1v) is 7.20. The van der Waals surface area contributed by atoms with E-state index in [-0.39, 0.29) is 30.9 Å². The highest BCUT2D eigenvalue weighted by molar-refractivity contribution is 9.10. The summed E-state index contributed by atoms with van der Waals surface area (Å²) in [6.45, 7) is 3.94. The van der Waals surface area contributed by atoms with Crippen molar-refractivity contribution in [2.24, 2.45) is 0 Å². The van der Waals surface area contributed by atoms with E-state index in [0.717, 1.165) is 42.0 Å². The van der Waals surface area contributed by atoms with Gasteiger partial charge in [-0.1, -0.05) is 6.07 Å². The molecule has 0 unspecified atom stereocenters. The number of ether oxygens (including phenoxy) is 1. The fraction of sp³-hybridized carbons (Fsp3) is 0.500. The van der Waals surface area contributed by atoms with Gasteiger partial charge in [0.05, 0.1) is 24.1 Å². The molecule has 0 saturated carbocycles. The van der Waals surface area contributed by atoms with Crippen molar-refractivity contribution in [3.63, 3.8) is 0 Å². The first-order chi connectivity index (χ1) is 9.26. The van der Waals surface area contributed by atoms with Crippen molar-refractivity contribution in [3.8, 4) is 11.8 Å². The van der Waals surface area contributed by atoms with Crippen LogP contribution in [-0.4, -0.2) is 38.2 Å². The highest BCUT2D eigenvalue weighted by Gasteiger charge is 2.22. The van der Waals surface area contributed by atoms with Crippen molar-refractivity contribution in [2.75, 3.05) is 33.3 Å². The minimum absolute atomic E-state index is 0. The normalized spacial score (nSPS) is 16.0. The fourth-order valence-electron chi connectivity index (χ4n) is 2.43. The zero-order valence-electron chi connectivity index (χ0n) is 11.8. The van der Waals surface area contributed by atoms with Crippen molar-refractivity contribution in [1.29, 1.82) is 5.26 Å². The molecule has 1 aromatic rings. The van der Waals surface area contributed by atoms with Crippen LogP contribution in [0.15, 0.2) is 22.7 Å². The molecule has 1 aliphatic rings. The van der Waals surface area contributed by atoms with Crippen LogP contribution in [-0.2, 0) is 0 Å². The molecule has 1 aromatic carbocycles. The summed E-state index contributed by atoms with van der Waals surface area (Å²) < 4.78 is 6.19. The summed E-state index contributed by atoms with van der Waals surface area (Å²) in [5, 5.41) is 12.4. The zero-order valence-corrected chi connectivity index (χ0v) is 15.1. The molecule has 1 fully saturated rings. The number of halogens is 3. The van der Waals surface area contributed by atoms with E-state index < -0.39 is 0 Å². The minimum Gasteiger partial charge on any atom is -0.496 e. The Morgan fingerprint density at radius 1 is 1.38 bits per heavy atom. The number of methoxy groups -OCH3 is 1. The van der Waals surface area contributed by atoms with Gasteiger partial charge in [0, 0.05) is 32.2 Å². The molecule has 0 aromatic heterocycles. The summed E-state index contributed by atoms with van der Waals surface area (Å²) in [6, 6.07) is 8.52. The van der Waals surface area contributed by atoms with Crippen molar-refractivity contribution >= 4 is 40.7 Å². The molecule has 1 N–H and O–H groups in total. The Balaban J connectivity index is 0.00000200. The van der Waals surface area contributed by atoms with Crippen molar-refractivity contribution < 1.29 is 4.74 Å². The smallest absolute Gasteiger partial charge is 0.133 e. The monoisotopic (exact) mass is 395 g/mol. The molecule has 1 heterocycles. The van der Waals surface area contributed by atoms with E-state index in [2.05, 4.69) is 38.3 Å². The van der Waals surface area contributed by atoms with Crippen molar-refractivity contribution in [1.82, 2.24) is 10.2 Å². The van der Waals surface area contributed by atoms with Gasteiger partial charge in [0.1, 0.15) is 5.75 Å². The number of benzene rings is 1. The molecule has 0 bridgehead atoms. The molecule has 0 amide bonds. The van der Waals surface area contributed by atoms with Crippen LogP contribution < -0.4 is 10.1 Å². The minimum atomic E-state index is 0. The van der Waals surface area contributed by atoms with E-state index in [1.54, 1.807) is 7.11 Å². The number of nitriles is 1. The number of nitrogens with zero attached hydrogens (tertiary/aromatic N) is 2. The molecule has 2 rings (SSSR count). The first-order valence-electron chi connectivity index (χ1n) is 6.41. The lowest BCUT2D eigenvalue weighted by molar-refractivity contribution is 0.175. The van der Waals surface area contributed by atoms with E-state index in [0.29, 0.717) is 6.42 Å². The van der Waals surface area contributed by atoms with Crippen molar-refractivity contribution in [2.45, 2.75) is 12.5 Å². The number of piperazine rings is 1. The summed E-state index contributed by atoms with van der Waals surface area (Å²) in [5.41, 5.74) is 1.16. The fourth-order valence-corrected chi connectivity index (χ4v) is 2.99. The Hall–Kier alpha value is -0.510. The molecule has 1 aliphatic heterocycles. The third kappa shape index (κ3) is 5.32. The van der Waals surface area contributed by atoms with Crippen LogP contribution in [0.25, 0.3) is 0 Å². The van der Waals surface area contributed by atoms with Gasteiger partial charge >= 0.3 is 0 Å².